The fourth-order valence-corrected chi connectivity index (χ4v) is 2.72. The van der Waals surface area contributed by atoms with Gasteiger partial charge < -0.3 is 10.2 Å². The summed E-state index contributed by atoms with van der Waals surface area (Å²) in [6, 6.07) is 2.99. The molecule has 0 aromatic carbocycles. The van der Waals surface area contributed by atoms with E-state index in [1.165, 1.54) is 12.3 Å². The van der Waals surface area contributed by atoms with E-state index in [2.05, 4.69) is 22.1 Å². The number of anilines is 1. The maximum atomic E-state index is 12.1. The number of aromatic nitrogens is 1. The molecule has 0 atom stereocenters. The highest BCUT2D eigenvalue weighted by Gasteiger charge is 2.18. The Morgan fingerprint density at radius 1 is 1.35 bits per heavy atom. The molecule has 0 radical (unpaired) electrons. The van der Waals surface area contributed by atoms with Gasteiger partial charge >= 0.3 is 0 Å². The highest BCUT2D eigenvalue weighted by atomic mass is 32.2. The van der Waals surface area contributed by atoms with Crippen LogP contribution in [0, 0.1) is 0 Å². The van der Waals surface area contributed by atoms with E-state index in [4.69, 9.17) is 10.6 Å². The molecule has 1 aromatic heterocycles. The van der Waals surface area contributed by atoms with Crippen LogP contribution in [-0.4, -0.2) is 33.2 Å². The maximum Gasteiger partial charge on any atom is 0.244 e. The molecule has 114 valence electrons. The number of nitrogens with one attached hydrogen (secondary N) is 2. The van der Waals surface area contributed by atoms with Gasteiger partial charge in [-0.05, 0) is 25.0 Å². The lowest BCUT2D eigenvalue weighted by molar-refractivity contribution is 0.130. The predicted octanol–water partition coefficient (Wildman–Crippen LogP) is 0.852. The van der Waals surface area contributed by atoms with Crippen molar-refractivity contribution in [3.8, 4) is 0 Å². The van der Waals surface area contributed by atoms with Crippen LogP contribution in [0.2, 0.25) is 0 Å². The molecule has 0 saturated carbocycles. The summed E-state index contributed by atoms with van der Waals surface area (Å²) in [5.74, 6) is 5.37. The molecular formula is C12H22N4O3S. The van der Waals surface area contributed by atoms with E-state index in [-0.39, 0.29) is 10.7 Å². The quantitative estimate of drug-likeness (QED) is 0.336. The van der Waals surface area contributed by atoms with Crippen LogP contribution in [0.5, 0.6) is 0 Å². The number of sulfonamides is 1. The Morgan fingerprint density at radius 3 is 2.80 bits per heavy atom. The number of ether oxygens (including phenoxy) is 1. The van der Waals surface area contributed by atoms with Gasteiger partial charge in [0.2, 0.25) is 10.0 Å². The summed E-state index contributed by atoms with van der Waals surface area (Å²) in [5.41, 5.74) is 2.27. The Bertz CT molecular complexity index is 493. The normalized spacial score (nSPS) is 11.5. The van der Waals surface area contributed by atoms with Crippen molar-refractivity contribution < 1.29 is 13.2 Å². The molecule has 1 aromatic rings. The van der Waals surface area contributed by atoms with Crippen molar-refractivity contribution >= 4 is 15.8 Å². The van der Waals surface area contributed by atoms with Crippen LogP contribution in [-0.2, 0) is 14.8 Å². The van der Waals surface area contributed by atoms with E-state index in [1.54, 1.807) is 6.07 Å². The SMILES string of the molecule is CCCCOCCCNS(=O)(=O)c1cccnc1NN. The minimum Gasteiger partial charge on any atom is -0.381 e. The molecule has 0 bridgehead atoms. The number of nitrogens with two attached hydrogens (primary N) is 1. The third-order valence-corrected chi connectivity index (χ3v) is 4.09. The van der Waals surface area contributed by atoms with Crippen molar-refractivity contribution in [2.45, 2.75) is 31.1 Å². The average Bonchev–Trinajstić information content (AvgIpc) is 2.46. The predicted molar refractivity (Wildman–Crippen MR) is 77.6 cm³/mol. The number of unbranched alkanes of at least 4 members (excludes halogenated alkanes) is 1. The van der Waals surface area contributed by atoms with E-state index in [0.717, 1.165) is 12.8 Å². The number of nitrogens with zero attached hydrogens (tertiary/aromatic N) is 1. The molecule has 0 aliphatic carbocycles. The summed E-state index contributed by atoms with van der Waals surface area (Å²) in [4.78, 5) is 3.90. The van der Waals surface area contributed by atoms with E-state index >= 15 is 0 Å². The highest BCUT2D eigenvalue weighted by Crippen LogP contribution is 2.16. The van der Waals surface area contributed by atoms with E-state index in [9.17, 15) is 8.42 Å². The number of hydrogen-bond donors (Lipinski definition) is 3. The lowest BCUT2D eigenvalue weighted by Crippen LogP contribution is -2.27. The van der Waals surface area contributed by atoms with Crippen LogP contribution in [0.1, 0.15) is 26.2 Å². The van der Waals surface area contributed by atoms with Crippen LogP contribution < -0.4 is 16.0 Å². The molecule has 0 aliphatic heterocycles. The first kappa shape index (κ1) is 16.8. The summed E-state index contributed by atoms with van der Waals surface area (Å²) in [6.45, 7) is 3.66. The molecule has 0 saturated heterocycles. The highest BCUT2D eigenvalue weighted by molar-refractivity contribution is 7.89. The zero-order chi connectivity index (χ0) is 14.8. The maximum absolute atomic E-state index is 12.1. The Morgan fingerprint density at radius 2 is 2.10 bits per heavy atom. The van der Waals surface area contributed by atoms with Gasteiger partial charge in [0.25, 0.3) is 0 Å². The Kier molecular flexibility index (Phi) is 7.45. The van der Waals surface area contributed by atoms with Crippen molar-refractivity contribution in [3.05, 3.63) is 18.3 Å². The molecule has 8 heteroatoms. The van der Waals surface area contributed by atoms with Gasteiger partial charge in [-0.2, -0.15) is 0 Å². The number of hydrogen-bond acceptors (Lipinski definition) is 6. The summed E-state index contributed by atoms with van der Waals surface area (Å²) in [7, 11) is -3.61. The second-order valence-electron chi connectivity index (χ2n) is 4.21. The summed E-state index contributed by atoms with van der Waals surface area (Å²) in [5, 5.41) is 0. The lowest BCUT2D eigenvalue weighted by Gasteiger charge is -2.10. The van der Waals surface area contributed by atoms with E-state index < -0.39 is 10.0 Å². The minimum absolute atomic E-state index is 0.0365. The van der Waals surface area contributed by atoms with Crippen LogP contribution in [0.3, 0.4) is 0 Å². The monoisotopic (exact) mass is 302 g/mol. The first-order valence-electron chi connectivity index (χ1n) is 6.61. The Hall–Kier alpha value is -1.22. The van der Waals surface area contributed by atoms with Crippen LogP contribution >= 0.6 is 0 Å². The minimum atomic E-state index is -3.61. The first-order chi connectivity index (χ1) is 9.61. The molecule has 0 fully saturated rings. The Balaban J connectivity index is 2.42. The summed E-state index contributed by atoms with van der Waals surface area (Å²) < 4.78 is 32.0. The summed E-state index contributed by atoms with van der Waals surface area (Å²) in [6.07, 6.45) is 4.19. The van der Waals surface area contributed by atoms with Gasteiger partial charge in [0.05, 0.1) is 0 Å². The van der Waals surface area contributed by atoms with Gasteiger partial charge in [0, 0.05) is 26.0 Å². The van der Waals surface area contributed by atoms with Crippen molar-refractivity contribution in [1.29, 1.82) is 0 Å². The molecule has 1 heterocycles. The fourth-order valence-electron chi connectivity index (χ4n) is 1.52. The first-order valence-corrected chi connectivity index (χ1v) is 8.09. The molecule has 1 rings (SSSR count). The van der Waals surface area contributed by atoms with Gasteiger partial charge in [-0.3, -0.25) is 0 Å². The van der Waals surface area contributed by atoms with Gasteiger partial charge in [0.1, 0.15) is 4.90 Å². The molecule has 0 aliphatic rings. The third-order valence-electron chi connectivity index (χ3n) is 2.60. The molecule has 0 unspecified atom stereocenters. The zero-order valence-corrected chi connectivity index (χ0v) is 12.4. The number of rotatable bonds is 10. The van der Waals surface area contributed by atoms with E-state index in [0.29, 0.717) is 26.2 Å². The van der Waals surface area contributed by atoms with Gasteiger partial charge in [-0.15, -0.1) is 0 Å². The average molecular weight is 302 g/mol. The second kappa shape index (κ2) is 8.85. The third kappa shape index (κ3) is 5.41. The van der Waals surface area contributed by atoms with Crippen LogP contribution in [0.25, 0.3) is 0 Å². The molecular weight excluding hydrogens is 280 g/mol. The second-order valence-corrected chi connectivity index (χ2v) is 5.95. The molecule has 0 amide bonds. The zero-order valence-electron chi connectivity index (χ0n) is 11.6. The van der Waals surface area contributed by atoms with Gasteiger partial charge in [-0.1, -0.05) is 13.3 Å². The summed E-state index contributed by atoms with van der Waals surface area (Å²) >= 11 is 0. The smallest absolute Gasteiger partial charge is 0.244 e. The standard InChI is InChI=1S/C12H22N4O3S/c1-2-3-9-19-10-5-8-15-20(17,18)11-6-4-7-14-12(11)16-13/h4,6-7,15H,2-3,5,8-10,13H2,1H3,(H,14,16). The molecule has 7 nitrogen and oxygen atoms in total. The fraction of sp³-hybridized carbons (Fsp3) is 0.583. The van der Waals surface area contributed by atoms with Crippen molar-refractivity contribution in [2.24, 2.45) is 5.84 Å². The molecule has 0 spiro atoms. The lowest BCUT2D eigenvalue weighted by atomic mass is 10.4. The number of nitrogen functional groups attached to an aromatic ring is 1. The van der Waals surface area contributed by atoms with Gasteiger partial charge in [-0.25, -0.2) is 24.0 Å². The van der Waals surface area contributed by atoms with Crippen LogP contribution in [0.15, 0.2) is 23.2 Å². The largest absolute Gasteiger partial charge is 0.381 e. The van der Waals surface area contributed by atoms with Crippen molar-refractivity contribution in [1.82, 2.24) is 9.71 Å². The molecule has 20 heavy (non-hydrogen) atoms. The number of pyridine rings is 1. The van der Waals surface area contributed by atoms with Crippen molar-refractivity contribution in [2.75, 3.05) is 25.2 Å². The van der Waals surface area contributed by atoms with Crippen molar-refractivity contribution in [3.63, 3.8) is 0 Å². The molecule has 4 N–H and O–H groups in total. The van der Waals surface area contributed by atoms with Gasteiger partial charge in [0.15, 0.2) is 5.82 Å². The topological polar surface area (TPSA) is 106 Å². The van der Waals surface area contributed by atoms with E-state index in [1.807, 2.05) is 0 Å². The number of hydrazine groups is 1. The Labute approximate surface area is 119 Å². The van der Waals surface area contributed by atoms with Crippen LogP contribution in [0.4, 0.5) is 5.82 Å².